The van der Waals surface area contributed by atoms with Gasteiger partial charge in [-0.15, -0.1) is 0 Å². The van der Waals surface area contributed by atoms with E-state index in [2.05, 4.69) is 13.8 Å². The standard InChI is InChI=1S/C26H36O5/c1-10-20-14(4)22(27)16(6)25(30-20)18(8)24(29)19(9)26-17(7)23(28)15(5)21(31-26)12-11-13(2)3/h13,18-19H,10-12H2,1-9H3/t18-,19-/m0/s1. The molecule has 0 aromatic carbocycles. The van der Waals surface area contributed by atoms with Crippen molar-refractivity contribution in [3.8, 4) is 0 Å². The van der Waals surface area contributed by atoms with Gasteiger partial charge in [-0.1, -0.05) is 20.8 Å². The predicted molar refractivity (Wildman–Crippen MR) is 123 cm³/mol. The van der Waals surface area contributed by atoms with Crippen molar-refractivity contribution in [2.75, 3.05) is 0 Å². The summed E-state index contributed by atoms with van der Waals surface area (Å²) >= 11 is 0. The van der Waals surface area contributed by atoms with Gasteiger partial charge in [0, 0.05) is 35.1 Å². The van der Waals surface area contributed by atoms with Crippen LogP contribution in [0.1, 0.15) is 98.2 Å². The van der Waals surface area contributed by atoms with Gasteiger partial charge < -0.3 is 8.83 Å². The van der Waals surface area contributed by atoms with Crippen LogP contribution in [-0.2, 0) is 17.6 Å². The third kappa shape index (κ3) is 4.91. The van der Waals surface area contributed by atoms with E-state index < -0.39 is 11.8 Å². The van der Waals surface area contributed by atoms with Crippen LogP contribution in [0.4, 0.5) is 0 Å². The molecule has 2 aromatic rings. The summed E-state index contributed by atoms with van der Waals surface area (Å²) in [4.78, 5) is 38.8. The van der Waals surface area contributed by atoms with Gasteiger partial charge in [0.1, 0.15) is 23.0 Å². The van der Waals surface area contributed by atoms with Crippen LogP contribution in [0.15, 0.2) is 18.4 Å². The maximum absolute atomic E-state index is 13.4. The maximum Gasteiger partial charge on any atom is 0.191 e. The van der Waals surface area contributed by atoms with Crippen molar-refractivity contribution < 1.29 is 13.6 Å². The Hall–Kier alpha value is -2.43. The molecule has 0 aliphatic rings. The van der Waals surface area contributed by atoms with Gasteiger partial charge in [0.05, 0.1) is 11.8 Å². The highest BCUT2D eigenvalue weighted by Gasteiger charge is 2.31. The minimum Gasteiger partial charge on any atom is -0.465 e. The molecule has 0 aliphatic heterocycles. The van der Waals surface area contributed by atoms with Crippen molar-refractivity contribution in [3.63, 3.8) is 0 Å². The number of ketones is 1. The van der Waals surface area contributed by atoms with Crippen molar-refractivity contribution in [3.05, 3.63) is 65.7 Å². The molecule has 2 heterocycles. The molecule has 0 spiro atoms. The lowest BCUT2D eigenvalue weighted by atomic mass is 9.88. The fourth-order valence-electron chi connectivity index (χ4n) is 4.07. The summed E-state index contributed by atoms with van der Waals surface area (Å²) in [7, 11) is 0. The van der Waals surface area contributed by atoms with Crippen LogP contribution in [0.3, 0.4) is 0 Å². The first-order valence-corrected chi connectivity index (χ1v) is 11.2. The summed E-state index contributed by atoms with van der Waals surface area (Å²) in [5.41, 5.74) is 1.98. The Morgan fingerprint density at radius 2 is 1.16 bits per heavy atom. The average Bonchev–Trinajstić information content (AvgIpc) is 2.74. The summed E-state index contributed by atoms with van der Waals surface area (Å²) in [6.07, 6.45) is 2.14. The predicted octanol–water partition coefficient (Wildman–Crippen LogP) is 5.45. The first kappa shape index (κ1) is 24.8. The third-order valence-electron chi connectivity index (χ3n) is 6.31. The van der Waals surface area contributed by atoms with Gasteiger partial charge in [0.25, 0.3) is 0 Å². The molecule has 170 valence electrons. The first-order chi connectivity index (χ1) is 14.4. The molecule has 0 saturated heterocycles. The molecule has 5 heteroatoms. The Kier molecular flexibility index (Phi) is 7.85. The van der Waals surface area contributed by atoms with Gasteiger partial charge in [-0.25, -0.2) is 0 Å². The second kappa shape index (κ2) is 9.80. The molecule has 0 aliphatic carbocycles. The zero-order chi connectivity index (χ0) is 23.6. The van der Waals surface area contributed by atoms with Crippen molar-refractivity contribution in [1.29, 1.82) is 0 Å². The van der Waals surface area contributed by atoms with E-state index in [-0.39, 0.29) is 16.6 Å². The molecule has 2 rings (SSSR count). The van der Waals surface area contributed by atoms with E-state index in [0.29, 0.717) is 64.1 Å². The average molecular weight is 429 g/mol. The van der Waals surface area contributed by atoms with Gasteiger partial charge >= 0.3 is 0 Å². The Morgan fingerprint density at radius 1 is 0.742 bits per heavy atom. The van der Waals surface area contributed by atoms with Gasteiger partial charge in [-0.3, -0.25) is 14.4 Å². The maximum atomic E-state index is 13.4. The van der Waals surface area contributed by atoms with Crippen LogP contribution in [0.2, 0.25) is 0 Å². The van der Waals surface area contributed by atoms with E-state index in [1.165, 1.54) is 0 Å². The van der Waals surface area contributed by atoms with E-state index in [1.54, 1.807) is 41.5 Å². The summed E-state index contributed by atoms with van der Waals surface area (Å²) in [6.45, 7) is 16.6. The number of aryl methyl sites for hydroxylation is 2. The van der Waals surface area contributed by atoms with Crippen LogP contribution in [0.25, 0.3) is 0 Å². The number of carbonyl (C=O) groups is 1. The molecule has 5 nitrogen and oxygen atoms in total. The second-order valence-electron chi connectivity index (χ2n) is 9.07. The number of hydrogen-bond donors (Lipinski definition) is 0. The van der Waals surface area contributed by atoms with Crippen LogP contribution in [0.5, 0.6) is 0 Å². The number of Topliss-reactive ketones (excluding diaryl/α,β-unsaturated/α-hetero) is 1. The summed E-state index contributed by atoms with van der Waals surface area (Å²) < 4.78 is 12.1. The van der Waals surface area contributed by atoms with E-state index in [9.17, 15) is 14.4 Å². The lowest BCUT2D eigenvalue weighted by Gasteiger charge is -2.20. The number of rotatable bonds is 8. The molecular formula is C26H36O5. The smallest absolute Gasteiger partial charge is 0.191 e. The van der Waals surface area contributed by atoms with Gasteiger partial charge in [-0.05, 0) is 53.9 Å². The molecule has 0 unspecified atom stereocenters. The van der Waals surface area contributed by atoms with Crippen LogP contribution in [-0.4, -0.2) is 5.78 Å². The lowest BCUT2D eigenvalue weighted by Crippen LogP contribution is -2.24. The molecule has 0 N–H and O–H groups in total. The van der Waals surface area contributed by atoms with Crippen LogP contribution >= 0.6 is 0 Å². The Balaban J connectivity index is 2.49. The third-order valence-corrected chi connectivity index (χ3v) is 6.31. The van der Waals surface area contributed by atoms with Crippen molar-refractivity contribution in [1.82, 2.24) is 0 Å². The minimum absolute atomic E-state index is 0.0707. The van der Waals surface area contributed by atoms with Gasteiger partial charge in [-0.2, -0.15) is 0 Å². The number of hydrogen-bond acceptors (Lipinski definition) is 5. The second-order valence-corrected chi connectivity index (χ2v) is 9.07. The topological polar surface area (TPSA) is 77.5 Å². The molecule has 0 fully saturated rings. The Morgan fingerprint density at radius 3 is 1.58 bits per heavy atom. The van der Waals surface area contributed by atoms with E-state index in [4.69, 9.17) is 8.83 Å². The van der Waals surface area contributed by atoms with Crippen LogP contribution in [0, 0.1) is 33.6 Å². The largest absolute Gasteiger partial charge is 0.465 e. The Labute approximate surface area is 184 Å². The summed E-state index contributed by atoms with van der Waals surface area (Å²) in [6, 6.07) is 0. The fourth-order valence-corrected chi connectivity index (χ4v) is 4.07. The highest BCUT2D eigenvalue weighted by molar-refractivity contribution is 5.90. The van der Waals surface area contributed by atoms with E-state index in [1.807, 2.05) is 6.92 Å². The molecule has 31 heavy (non-hydrogen) atoms. The van der Waals surface area contributed by atoms with Gasteiger partial charge in [0.2, 0.25) is 0 Å². The molecule has 0 radical (unpaired) electrons. The molecule has 2 atom stereocenters. The highest BCUT2D eigenvalue weighted by Crippen LogP contribution is 2.30. The molecule has 0 saturated carbocycles. The number of carbonyl (C=O) groups excluding carboxylic acids is 1. The molecule has 2 aromatic heterocycles. The zero-order valence-electron chi connectivity index (χ0n) is 20.4. The lowest BCUT2D eigenvalue weighted by molar-refractivity contribution is -0.122. The summed E-state index contributed by atoms with van der Waals surface area (Å²) in [5, 5.41) is 0. The SMILES string of the molecule is CCc1oc([C@@H](C)C(=O)[C@H](C)c2oc(CCC(C)C)c(C)c(=O)c2C)c(C)c(=O)c1C. The normalized spacial score (nSPS) is 13.5. The van der Waals surface area contributed by atoms with Crippen molar-refractivity contribution >= 4 is 5.78 Å². The monoisotopic (exact) mass is 428 g/mol. The fraction of sp³-hybridized carbons (Fsp3) is 0.577. The van der Waals surface area contributed by atoms with Gasteiger partial charge in [0.15, 0.2) is 16.6 Å². The first-order valence-electron chi connectivity index (χ1n) is 11.2. The Bertz CT molecular complexity index is 1080. The van der Waals surface area contributed by atoms with E-state index in [0.717, 1.165) is 6.42 Å². The van der Waals surface area contributed by atoms with Crippen molar-refractivity contribution in [2.24, 2.45) is 5.92 Å². The molecule has 0 bridgehead atoms. The minimum atomic E-state index is -0.628. The van der Waals surface area contributed by atoms with Crippen molar-refractivity contribution in [2.45, 2.75) is 93.4 Å². The zero-order valence-corrected chi connectivity index (χ0v) is 20.4. The molecular weight excluding hydrogens is 392 g/mol. The molecule has 0 amide bonds. The van der Waals surface area contributed by atoms with Crippen LogP contribution < -0.4 is 10.9 Å². The van der Waals surface area contributed by atoms with E-state index >= 15 is 0 Å². The highest BCUT2D eigenvalue weighted by atomic mass is 16.3. The summed E-state index contributed by atoms with van der Waals surface area (Å²) in [5.74, 6) is 1.15. The quantitative estimate of drug-likeness (QED) is 0.558.